The fourth-order valence-corrected chi connectivity index (χ4v) is 6.39. The van der Waals surface area contributed by atoms with Crippen LogP contribution in [0, 0.1) is 11.3 Å². The molecule has 0 bridgehead atoms. The molecule has 3 heterocycles. The van der Waals surface area contributed by atoms with Gasteiger partial charge in [0.25, 0.3) is 0 Å². The number of benzene rings is 1. The number of anilines is 3. The second kappa shape index (κ2) is 10.5. The number of amides is 1. The van der Waals surface area contributed by atoms with E-state index in [-0.39, 0.29) is 5.92 Å². The van der Waals surface area contributed by atoms with Gasteiger partial charge in [0.2, 0.25) is 5.91 Å². The highest BCUT2D eigenvalue weighted by Gasteiger charge is 2.32. The molecule has 0 saturated carbocycles. The average molecular weight is 507 g/mol. The average Bonchev–Trinajstić information content (AvgIpc) is 3.27. The molecule has 2 aliphatic rings. The number of nitrogens with one attached hydrogen (secondary N) is 2. The van der Waals surface area contributed by atoms with Crippen LogP contribution in [-0.4, -0.2) is 90.2 Å². The number of nitrogens with two attached hydrogens (primary N) is 1. The summed E-state index contributed by atoms with van der Waals surface area (Å²) in [6.07, 6.45) is 5.31. The number of aryl methyl sites for hydroxylation is 1. The molecule has 3 aromatic rings. The highest BCUT2D eigenvalue weighted by molar-refractivity contribution is 7.19. The number of nitrogens with zero attached hydrogens (tertiary/aromatic N) is 5. The van der Waals surface area contributed by atoms with Gasteiger partial charge in [-0.2, -0.15) is 0 Å². The Balaban J connectivity index is 1.29. The van der Waals surface area contributed by atoms with Crippen molar-refractivity contribution in [2.75, 3.05) is 64.4 Å². The molecule has 0 radical (unpaired) electrons. The van der Waals surface area contributed by atoms with Crippen molar-refractivity contribution < 1.29 is 4.79 Å². The lowest BCUT2D eigenvalue weighted by Crippen LogP contribution is -2.51. The lowest BCUT2D eigenvalue weighted by molar-refractivity contribution is -0.137. The first kappa shape index (κ1) is 24.6. The summed E-state index contributed by atoms with van der Waals surface area (Å²) in [6.45, 7) is 5.65. The first-order valence-corrected chi connectivity index (χ1v) is 13.3. The summed E-state index contributed by atoms with van der Waals surface area (Å²) in [4.78, 5) is 31.4. The third-order valence-corrected chi connectivity index (χ3v) is 8.41. The maximum atomic E-state index is 13.4. The van der Waals surface area contributed by atoms with Crippen LogP contribution in [0.4, 0.5) is 17.2 Å². The minimum atomic E-state index is 0.0375. The van der Waals surface area contributed by atoms with E-state index in [0.717, 1.165) is 80.3 Å². The summed E-state index contributed by atoms with van der Waals surface area (Å²) in [6, 6.07) is 5.54. The topological polar surface area (TPSA) is 114 Å². The summed E-state index contributed by atoms with van der Waals surface area (Å²) >= 11 is 1.68. The van der Waals surface area contributed by atoms with Crippen molar-refractivity contribution in [1.29, 1.82) is 5.41 Å². The van der Waals surface area contributed by atoms with Crippen LogP contribution in [-0.2, 0) is 17.6 Å². The molecule has 1 atom stereocenters. The fourth-order valence-electron chi connectivity index (χ4n) is 5.12. The number of hydrogen-bond donors (Lipinski definition) is 3. The maximum Gasteiger partial charge on any atom is 0.226 e. The third kappa shape index (κ3) is 5.07. The van der Waals surface area contributed by atoms with Crippen LogP contribution in [0.5, 0.6) is 0 Å². The largest absolute Gasteiger partial charge is 0.398 e. The molecule has 1 amide bonds. The number of carbonyl (C=O) groups excluding carboxylic acids is 1. The molecule has 4 N–H and O–H groups in total. The molecular formula is C26H34N8OS. The van der Waals surface area contributed by atoms with Crippen LogP contribution in [0.15, 0.2) is 24.5 Å². The number of piperazine rings is 1. The Morgan fingerprint density at radius 3 is 2.83 bits per heavy atom. The van der Waals surface area contributed by atoms with E-state index < -0.39 is 0 Å². The first-order valence-electron chi connectivity index (χ1n) is 12.5. The number of likely N-dealkylation sites (N-methyl/N-ethyl adjacent to an activating group) is 1. The normalized spacial score (nSPS) is 18.4. The van der Waals surface area contributed by atoms with Gasteiger partial charge >= 0.3 is 0 Å². The number of nitrogen functional groups attached to an aromatic ring is 1. The zero-order chi connectivity index (χ0) is 25.2. The molecule has 1 aliphatic heterocycles. The molecule has 190 valence electrons. The van der Waals surface area contributed by atoms with Crippen LogP contribution in [0.3, 0.4) is 0 Å². The van der Waals surface area contributed by atoms with E-state index in [9.17, 15) is 4.79 Å². The predicted molar refractivity (Wildman–Crippen MR) is 147 cm³/mol. The summed E-state index contributed by atoms with van der Waals surface area (Å²) in [5.74, 6) is 1.10. The molecule has 1 aliphatic carbocycles. The van der Waals surface area contributed by atoms with Gasteiger partial charge in [0.1, 0.15) is 17.0 Å². The Kier molecular flexibility index (Phi) is 7.17. The number of rotatable bonds is 7. The Hall–Kier alpha value is -3.08. The number of fused-ring (bicyclic) bond motifs is 3. The van der Waals surface area contributed by atoms with E-state index in [1.165, 1.54) is 16.7 Å². The van der Waals surface area contributed by atoms with Gasteiger partial charge in [-0.25, -0.2) is 9.97 Å². The van der Waals surface area contributed by atoms with Crippen molar-refractivity contribution in [3.8, 4) is 0 Å². The zero-order valence-corrected chi connectivity index (χ0v) is 21.8. The predicted octanol–water partition coefficient (Wildman–Crippen LogP) is 2.83. The maximum absolute atomic E-state index is 13.4. The summed E-state index contributed by atoms with van der Waals surface area (Å²) < 4.78 is 0. The van der Waals surface area contributed by atoms with Crippen LogP contribution < -0.4 is 11.1 Å². The Morgan fingerprint density at radius 2 is 2.08 bits per heavy atom. The van der Waals surface area contributed by atoms with Crippen molar-refractivity contribution in [1.82, 2.24) is 24.7 Å². The summed E-state index contributed by atoms with van der Waals surface area (Å²) in [5.41, 5.74) is 9.27. The number of aromatic nitrogens is 2. The van der Waals surface area contributed by atoms with E-state index in [4.69, 9.17) is 11.1 Å². The second-order valence-corrected chi connectivity index (χ2v) is 11.0. The van der Waals surface area contributed by atoms with E-state index in [1.807, 2.05) is 12.1 Å². The minimum Gasteiger partial charge on any atom is -0.398 e. The van der Waals surface area contributed by atoms with Crippen molar-refractivity contribution >= 4 is 50.9 Å². The SMILES string of the molecule is CN(C)CCN1CCN(C(=O)C2CCc3c(sc4ncnc(Nc5ccc(N)c(C=N)c5)c34)C2)CC1. The highest BCUT2D eigenvalue weighted by atomic mass is 32.1. The molecule has 2 aromatic heterocycles. The second-order valence-electron chi connectivity index (χ2n) is 9.93. The van der Waals surface area contributed by atoms with Gasteiger partial charge in [0.15, 0.2) is 0 Å². The van der Waals surface area contributed by atoms with E-state index >= 15 is 0 Å². The van der Waals surface area contributed by atoms with Crippen molar-refractivity contribution in [2.45, 2.75) is 19.3 Å². The van der Waals surface area contributed by atoms with Crippen molar-refractivity contribution in [3.05, 3.63) is 40.5 Å². The summed E-state index contributed by atoms with van der Waals surface area (Å²) in [7, 11) is 4.20. The van der Waals surface area contributed by atoms with Crippen LogP contribution >= 0.6 is 11.3 Å². The number of hydrogen-bond acceptors (Lipinski definition) is 9. The lowest BCUT2D eigenvalue weighted by atomic mass is 9.86. The van der Waals surface area contributed by atoms with Crippen molar-refractivity contribution in [3.63, 3.8) is 0 Å². The van der Waals surface area contributed by atoms with E-state index in [0.29, 0.717) is 17.2 Å². The zero-order valence-electron chi connectivity index (χ0n) is 21.0. The molecule has 1 fully saturated rings. The molecule has 10 heteroatoms. The van der Waals surface area contributed by atoms with Crippen LogP contribution in [0.1, 0.15) is 22.4 Å². The molecule has 9 nitrogen and oxygen atoms in total. The quantitative estimate of drug-likeness (QED) is 0.333. The molecule has 1 aromatic carbocycles. The van der Waals surface area contributed by atoms with Crippen LogP contribution in [0.2, 0.25) is 0 Å². The Labute approximate surface area is 215 Å². The first-order chi connectivity index (χ1) is 17.4. The third-order valence-electron chi connectivity index (χ3n) is 7.25. The molecule has 1 saturated heterocycles. The smallest absolute Gasteiger partial charge is 0.226 e. The summed E-state index contributed by atoms with van der Waals surface area (Å²) in [5, 5.41) is 12.0. The number of carbonyl (C=O) groups is 1. The fraction of sp³-hybridized carbons (Fsp3) is 0.462. The van der Waals surface area contributed by atoms with Gasteiger partial charge in [0.05, 0.1) is 5.39 Å². The molecule has 5 rings (SSSR count). The van der Waals surface area contributed by atoms with Crippen molar-refractivity contribution in [2.24, 2.45) is 5.92 Å². The van der Waals surface area contributed by atoms with Gasteiger partial charge in [-0.3, -0.25) is 9.69 Å². The van der Waals surface area contributed by atoms with Gasteiger partial charge in [-0.1, -0.05) is 0 Å². The van der Waals surface area contributed by atoms with Gasteiger partial charge in [0, 0.05) is 73.2 Å². The Morgan fingerprint density at radius 1 is 1.28 bits per heavy atom. The lowest BCUT2D eigenvalue weighted by Gasteiger charge is -2.37. The monoisotopic (exact) mass is 506 g/mol. The van der Waals surface area contributed by atoms with E-state index in [1.54, 1.807) is 23.7 Å². The molecule has 1 unspecified atom stereocenters. The number of thiophene rings is 1. The molecular weight excluding hydrogens is 472 g/mol. The standard InChI is InChI=1S/C26H34N8OS/c1-32(2)7-8-33-9-11-34(12-10-33)26(35)17-3-5-20-22(14-17)36-25-23(20)24(29-16-30-25)31-19-4-6-21(28)18(13-19)15-27/h4,6,13,15-17,27H,3,5,7-12,14,28H2,1-2H3,(H,29,30,31). The van der Waals surface area contributed by atoms with Crippen LogP contribution in [0.25, 0.3) is 10.2 Å². The molecule has 0 spiro atoms. The van der Waals surface area contributed by atoms with E-state index in [2.05, 4.69) is 44.1 Å². The van der Waals surface area contributed by atoms with Gasteiger partial charge < -0.3 is 26.3 Å². The highest BCUT2D eigenvalue weighted by Crippen LogP contribution is 2.41. The Bertz CT molecular complexity index is 1260. The van der Waals surface area contributed by atoms with Gasteiger partial charge in [-0.15, -0.1) is 11.3 Å². The minimum absolute atomic E-state index is 0.0375. The molecule has 36 heavy (non-hydrogen) atoms. The van der Waals surface area contributed by atoms with Gasteiger partial charge in [-0.05, 0) is 57.1 Å².